The Morgan fingerprint density at radius 1 is 0.974 bits per heavy atom. The van der Waals surface area contributed by atoms with E-state index in [0.29, 0.717) is 30.2 Å². The molecular formula is C32H37ClN2O3S. The standard InChI is InChI=1S/C32H37ClN2O3S/c1-38-28-14-8-11-25(21-28)23-35(31(36)19-20-39-29-17-15-26(33)16-18-29)30(22-24-9-4-2-5-10-24)32(37)34-27-12-6-3-7-13-27/h2,4-5,8-11,14-18,21,27,30H,3,6-7,12-13,19-20,22-23H2,1H3,(H,34,37)/t30-/m0/s1. The summed E-state index contributed by atoms with van der Waals surface area (Å²) < 4.78 is 5.43. The number of nitrogens with zero attached hydrogens (tertiary/aromatic N) is 1. The predicted octanol–water partition coefficient (Wildman–Crippen LogP) is 6.92. The molecule has 0 heterocycles. The third-order valence-corrected chi connectivity index (χ3v) is 8.37. The van der Waals surface area contributed by atoms with Crippen LogP contribution in [0.2, 0.25) is 5.02 Å². The Morgan fingerprint density at radius 2 is 1.69 bits per heavy atom. The van der Waals surface area contributed by atoms with Gasteiger partial charge in [0.25, 0.3) is 0 Å². The fourth-order valence-electron chi connectivity index (χ4n) is 5.00. The molecule has 206 valence electrons. The van der Waals surface area contributed by atoms with Gasteiger partial charge in [0.05, 0.1) is 7.11 Å². The zero-order chi connectivity index (χ0) is 27.5. The van der Waals surface area contributed by atoms with Crippen molar-refractivity contribution >= 4 is 35.2 Å². The van der Waals surface area contributed by atoms with E-state index >= 15 is 0 Å². The van der Waals surface area contributed by atoms with Crippen LogP contribution >= 0.6 is 23.4 Å². The molecule has 1 saturated carbocycles. The average Bonchev–Trinajstić information content (AvgIpc) is 2.97. The lowest BCUT2D eigenvalue weighted by atomic mass is 9.94. The van der Waals surface area contributed by atoms with Gasteiger partial charge in [-0.05, 0) is 60.4 Å². The molecule has 0 unspecified atom stereocenters. The van der Waals surface area contributed by atoms with Crippen molar-refractivity contribution in [2.45, 2.75) is 68.5 Å². The largest absolute Gasteiger partial charge is 0.497 e. The Labute approximate surface area is 241 Å². The first-order valence-corrected chi connectivity index (χ1v) is 15.0. The van der Waals surface area contributed by atoms with Crippen molar-refractivity contribution < 1.29 is 14.3 Å². The van der Waals surface area contributed by atoms with E-state index in [1.165, 1.54) is 6.42 Å². The number of rotatable bonds is 12. The Bertz CT molecular complexity index is 1200. The first-order valence-electron chi connectivity index (χ1n) is 13.7. The number of halogens is 1. The van der Waals surface area contributed by atoms with E-state index in [0.717, 1.165) is 47.5 Å². The van der Waals surface area contributed by atoms with E-state index in [4.69, 9.17) is 16.3 Å². The first kappa shape index (κ1) is 29.0. The highest BCUT2D eigenvalue weighted by Gasteiger charge is 2.31. The summed E-state index contributed by atoms with van der Waals surface area (Å²) >= 11 is 7.63. The van der Waals surface area contributed by atoms with Crippen LogP contribution in [0.25, 0.3) is 0 Å². The van der Waals surface area contributed by atoms with Crippen LogP contribution in [0.3, 0.4) is 0 Å². The van der Waals surface area contributed by atoms with Gasteiger partial charge in [-0.1, -0.05) is 73.3 Å². The monoisotopic (exact) mass is 564 g/mol. The van der Waals surface area contributed by atoms with Crippen LogP contribution < -0.4 is 10.1 Å². The van der Waals surface area contributed by atoms with Crippen molar-refractivity contribution in [1.82, 2.24) is 10.2 Å². The molecule has 1 fully saturated rings. The number of methoxy groups -OCH3 is 1. The predicted molar refractivity (Wildman–Crippen MR) is 159 cm³/mol. The highest BCUT2D eigenvalue weighted by molar-refractivity contribution is 7.99. The number of carbonyl (C=O) groups is 2. The molecule has 7 heteroatoms. The number of thioether (sulfide) groups is 1. The molecule has 0 spiro atoms. The third-order valence-electron chi connectivity index (χ3n) is 7.11. The Hall–Kier alpha value is -2.96. The van der Waals surface area contributed by atoms with E-state index in [1.54, 1.807) is 23.8 Å². The number of ether oxygens (including phenoxy) is 1. The fraction of sp³-hybridized carbons (Fsp3) is 0.375. The third kappa shape index (κ3) is 9.04. The lowest BCUT2D eigenvalue weighted by molar-refractivity contribution is -0.141. The second-order valence-corrected chi connectivity index (χ2v) is 11.6. The van der Waals surface area contributed by atoms with E-state index in [2.05, 4.69) is 5.32 Å². The molecule has 3 aromatic carbocycles. The van der Waals surface area contributed by atoms with E-state index < -0.39 is 6.04 Å². The van der Waals surface area contributed by atoms with Crippen LogP contribution in [0.4, 0.5) is 0 Å². The average molecular weight is 565 g/mol. The van der Waals surface area contributed by atoms with Crippen molar-refractivity contribution in [3.05, 3.63) is 95.0 Å². The molecule has 3 aromatic rings. The van der Waals surface area contributed by atoms with E-state index in [-0.39, 0.29) is 17.9 Å². The van der Waals surface area contributed by atoms with Gasteiger partial charge in [-0.3, -0.25) is 9.59 Å². The summed E-state index contributed by atoms with van der Waals surface area (Å²) in [7, 11) is 1.63. The quantitative estimate of drug-likeness (QED) is 0.243. The minimum absolute atomic E-state index is 0.0426. The van der Waals surface area contributed by atoms with Gasteiger partial charge in [-0.2, -0.15) is 0 Å². The summed E-state index contributed by atoms with van der Waals surface area (Å²) in [5.41, 5.74) is 1.96. The van der Waals surface area contributed by atoms with Gasteiger partial charge >= 0.3 is 0 Å². The Kier molecular flexibility index (Phi) is 11.2. The molecule has 0 radical (unpaired) electrons. The number of carbonyl (C=O) groups excluding carboxylic acids is 2. The Morgan fingerprint density at radius 3 is 2.41 bits per heavy atom. The van der Waals surface area contributed by atoms with Gasteiger partial charge in [0.1, 0.15) is 11.8 Å². The summed E-state index contributed by atoms with van der Waals surface area (Å²) in [4.78, 5) is 30.5. The topological polar surface area (TPSA) is 58.6 Å². The lowest BCUT2D eigenvalue weighted by Gasteiger charge is -2.33. The zero-order valence-electron chi connectivity index (χ0n) is 22.5. The molecule has 39 heavy (non-hydrogen) atoms. The SMILES string of the molecule is COc1cccc(CN(C(=O)CCSc2ccc(Cl)cc2)[C@@H](Cc2ccccc2)C(=O)NC2CCCCC2)c1. The number of nitrogens with one attached hydrogen (secondary N) is 1. The minimum Gasteiger partial charge on any atom is -0.497 e. The normalized spacial score (nSPS) is 14.4. The van der Waals surface area contributed by atoms with Gasteiger partial charge < -0.3 is 15.0 Å². The second-order valence-electron chi connectivity index (χ2n) is 9.97. The first-order chi connectivity index (χ1) is 19.0. The summed E-state index contributed by atoms with van der Waals surface area (Å²) in [6.07, 6.45) is 6.23. The minimum atomic E-state index is -0.617. The molecule has 4 rings (SSSR count). The lowest BCUT2D eigenvalue weighted by Crippen LogP contribution is -2.52. The summed E-state index contributed by atoms with van der Waals surface area (Å²) in [5.74, 6) is 1.22. The van der Waals surface area contributed by atoms with Crippen LogP contribution in [0.15, 0.2) is 83.8 Å². The van der Waals surface area contributed by atoms with E-state index in [1.807, 2.05) is 78.9 Å². The molecule has 2 amide bonds. The van der Waals surface area contributed by atoms with Crippen molar-refractivity contribution in [3.63, 3.8) is 0 Å². The molecule has 1 atom stereocenters. The van der Waals surface area contributed by atoms with Crippen molar-refractivity contribution in [2.75, 3.05) is 12.9 Å². The summed E-state index contributed by atoms with van der Waals surface area (Å²) in [6, 6.07) is 24.8. The molecule has 1 aliphatic carbocycles. The van der Waals surface area contributed by atoms with Crippen LogP contribution in [0.5, 0.6) is 5.75 Å². The maximum absolute atomic E-state index is 13.9. The number of benzene rings is 3. The fourth-order valence-corrected chi connectivity index (χ4v) is 5.96. The summed E-state index contributed by atoms with van der Waals surface area (Å²) in [6.45, 7) is 0.331. The smallest absolute Gasteiger partial charge is 0.243 e. The molecule has 1 aliphatic rings. The van der Waals surface area contributed by atoms with Crippen LogP contribution in [-0.4, -0.2) is 41.7 Å². The van der Waals surface area contributed by atoms with Crippen LogP contribution in [0.1, 0.15) is 49.7 Å². The van der Waals surface area contributed by atoms with E-state index in [9.17, 15) is 9.59 Å². The number of amides is 2. The molecule has 1 N–H and O–H groups in total. The molecule has 5 nitrogen and oxygen atoms in total. The van der Waals surface area contributed by atoms with Gasteiger partial charge in [0.15, 0.2) is 0 Å². The molecule has 0 bridgehead atoms. The highest BCUT2D eigenvalue weighted by atomic mass is 35.5. The molecule has 0 aromatic heterocycles. The molecule has 0 aliphatic heterocycles. The van der Waals surface area contributed by atoms with Gasteiger partial charge in [-0.15, -0.1) is 11.8 Å². The van der Waals surface area contributed by atoms with Gasteiger partial charge in [-0.25, -0.2) is 0 Å². The maximum Gasteiger partial charge on any atom is 0.243 e. The van der Waals surface area contributed by atoms with Crippen molar-refractivity contribution in [1.29, 1.82) is 0 Å². The van der Waals surface area contributed by atoms with Crippen molar-refractivity contribution in [2.24, 2.45) is 0 Å². The number of hydrogen-bond donors (Lipinski definition) is 1. The maximum atomic E-state index is 13.9. The van der Waals surface area contributed by atoms with Crippen molar-refractivity contribution in [3.8, 4) is 5.75 Å². The molecule has 0 saturated heterocycles. The second kappa shape index (κ2) is 15.0. The van der Waals surface area contributed by atoms with Gasteiger partial charge in [0, 0.05) is 41.1 Å². The van der Waals surface area contributed by atoms with Crippen LogP contribution in [-0.2, 0) is 22.6 Å². The summed E-state index contributed by atoms with van der Waals surface area (Å²) in [5, 5.41) is 3.98. The van der Waals surface area contributed by atoms with Gasteiger partial charge in [0.2, 0.25) is 11.8 Å². The molecular weight excluding hydrogens is 528 g/mol. The Balaban J connectivity index is 1.57. The van der Waals surface area contributed by atoms with Crippen LogP contribution in [0, 0.1) is 0 Å². The zero-order valence-corrected chi connectivity index (χ0v) is 24.1. The highest BCUT2D eigenvalue weighted by Crippen LogP contribution is 2.24. The number of hydrogen-bond acceptors (Lipinski definition) is 4.